The predicted molar refractivity (Wildman–Crippen MR) is 128 cm³/mol. The van der Waals surface area contributed by atoms with Gasteiger partial charge in [-0.2, -0.15) is 0 Å². The first kappa shape index (κ1) is 21.2. The SMILES string of the molecule is Cc1cc(C)c2nc(-c3ccc(F)cc3)cc(C(=O)Nc3cc(C)c(Br)c(C)c3)c2c1. The summed E-state index contributed by atoms with van der Waals surface area (Å²) in [7, 11) is 0. The minimum Gasteiger partial charge on any atom is -0.322 e. The van der Waals surface area contributed by atoms with Crippen molar-refractivity contribution in [2.45, 2.75) is 27.7 Å². The molecule has 5 heteroatoms. The van der Waals surface area contributed by atoms with Gasteiger partial charge in [-0.05, 0) is 92.9 Å². The zero-order valence-corrected chi connectivity index (χ0v) is 19.4. The van der Waals surface area contributed by atoms with Crippen LogP contribution in [0.1, 0.15) is 32.6 Å². The summed E-state index contributed by atoms with van der Waals surface area (Å²) in [6, 6.07) is 15.8. The van der Waals surface area contributed by atoms with E-state index < -0.39 is 0 Å². The van der Waals surface area contributed by atoms with Crippen LogP contribution >= 0.6 is 15.9 Å². The van der Waals surface area contributed by atoms with Crippen LogP contribution in [-0.2, 0) is 0 Å². The molecule has 0 aliphatic heterocycles. The van der Waals surface area contributed by atoms with Gasteiger partial charge >= 0.3 is 0 Å². The quantitative estimate of drug-likeness (QED) is 0.337. The van der Waals surface area contributed by atoms with Crippen LogP contribution < -0.4 is 5.32 Å². The van der Waals surface area contributed by atoms with Crippen molar-refractivity contribution in [1.29, 1.82) is 0 Å². The highest BCUT2D eigenvalue weighted by molar-refractivity contribution is 9.10. The van der Waals surface area contributed by atoms with Crippen molar-refractivity contribution in [3.63, 3.8) is 0 Å². The first-order chi connectivity index (χ1) is 14.7. The third-order valence-corrected chi connectivity index (χ3v) is 6.58. The van der Waals surface area contributed by atoms with Crippen molar-refractivity contribution in [3.05, 3.63) is 92.7 Å². The van der Waals surface area contributed by atoms with E-state index in [-0.39, 0.29) is 11.7 Å². The summed E-state index contributed by atoms with van der Waals surface area (Å²) in [5, 5.41) is 3.84. The molecule has 1 aromatic heterocycles. The number of amides is 1. The van der Waals surface area contributed by atoms with Gasteiger partial charge in [-0.1, -0.05) is 27.6 Å². The van der Waals surface area contributed by atoms with Gasteiger partial charge in [-0.25, -0.2) is 9.37 Å². The Kier molecular flexibility index (Phi) is 5.63. The van der Waals surface area contributed by atoms with Crippen molar-refractivity contribution in [2.24, 2.45) is 0 Å². The number of nitrogens with one attached hydrogen (secondary N) is 1. The number of nitrogens with zero attached hydrogens (tertiary/aromatic N) is 1. The number of carbonyl (C=O) groups excluding carboxylic acids is 1. The lowest BCUT2D eigenvalue weighted by Gasteiger charge is -2.14. The standard InChI is InChI=1S/C26H22BrFN2O/c1-14-9-17(4)25-21(10-14)22(13-23(30-25)18-5-7-19(28)8-6-18)26(31)29-20-11-15(2)24(27)16(3)12-20/h5-13H,1-4H3,(H,29,31). The average Bonchev–Trinajstić information content (AvgIpc) is 2.72. The van der Waals surface area contributed by atoms with Crippen molar-refractivity contribution < 1.29 is 9.18 Å². The predicted octanol–water partition coefficient (Wildman–Crippen LogP) is 7.29. The molecule has 1 amide bonds. The lowest BCUT2D eigenvalue weighted by Crippen LogP contribution is -2.14. The molecule has 0 saturated carbocycles. The minimum atomic E-state index is -0.310. The molecule has 0 radical (unpaired) electrons. The van der Waals surface area contributed by atoms with E-state index in [2.05, 4.69) is 21.2 Å². The molecule has 4 rings (SSSR count). The number of aryl methyl sites for hydroxylation is 4. The summed E-state index contributed by atoms with van der Waals surface area (Å²) in [5.41, 5.74) is 7.58. The molecule has 1 N–H and O–H groups in total. The van der Waals surface area contributed by atoms with E-state index in [0.717, 1.165) is 48.9 Å². The van der Waals surface area contributed by atoms with Crippen LogP contribution in [0.25, 0.3) is 22.2 Å². The third-order valence-electron chi connectivity index (χ3n) is 5.33. The Hall–Kier alpha value is -3.05. The molecule has 156 valence electrons. The van der Waals surface area contributed by atoms with Gasteiger partial charge in [0.2, 0.25) is 0 Å². The van der Waals surface area contributed by atoms with E-state index in [0.29, 0.717) is 11.3 Å². The molecule has 3 aromatic carbocycles. The van der Waals surface area contributed by atoms with Crippen LogP contribution in [0.4, 0.5) is 10.1 Å². The van der Waals surface area contributed by atoms with Crippen LogP contribution in [0, 0.1) is 33.5 Å². The summed E-state index contributed by atoms with van der Waals surface area (Å²) in [6.07, 6.45) is 0. The fourth-order valence-electron chi connectivity index (χ4n) is 3.85. The number of benzene rings is 3. The Labute approximate surface area is 189 Å². The third kappa shape index (κ3) is 4.23. The maximum Gasteiger partial charge on any atom is 0.256 e. The van der Waals surface area contributed by atoms with E-state index in [1.807, 2.05) is 52.0 Å². The van der Waals surface area contributed by atoms with Crippen LogP contribution in [0.5, 0.6) is 0 Å². The number of aromatic nitrogens is 1. The van der Waals surface area contributed by atoms with Gasteiger partial charge in [0, 0.05) is 21.1 Å². The Morgan fingerprint density at radius 1 is 0.903 bits per heavy atom. The van der Waals surface area contributed by atoms with Crippen molar-refractivity contribution in [2.75, 3.05) is 5.32 Å². The van der Waals surface area contributed by atoms with Gasteiger partial charge in [0.15, 0.2) is 0 Å². The molecule has 1 heterocycles. The number of hydrogen-bond acceptors (Lipinski definition) is 2. The first-order valence-electron chi connectivity index (χ1n) is 9.99. The summed E-state index contributed by atoms with van der Waals surface area (Å²) in [4.78, 5) is 18.2. The summed E-state index contributed by atoms with van der Waals surface area (Å²) >= 11 is 3.57. The second-order valence-corrected chi connectivity index (χ2v) is 8.71. The van der Waals surface area contributed by atoms with Gasteiger partial charge in [0.25, 0.3) is 5.91 Å². The highest BCUT2D eigenvalue weighted by Crippen LogP contribution is 2.30. The molecule has 0 fully saturated rings. The van der Waals surface area contributed by atoms with Gasteiger partial charge in [0.1, 0.15) is 5.82 Å². The van der Waals surface area contributed by atoms with Crippen molar-refractivity contribution in [3.8, 4) is 11.3 Å². The molecular formula is C26H22BrFN2O. The zero-order chi connectivity index (χ0) is 22.3. The summed E-state index contributed by atoms with van der Waals surface area (Å²) < 4.78 is 14.5. The second kappa shape index (κ2) is 8.23. The van der Waals surface area contributed by atoms with Crippen LogP contribution in [0.15, 0.2) is 59.1 Å². The van der Waals surface area contributed by atoms with E-state index in [4.69, 9.17) is 4.98 Å². The number of pyridine rings is 1. The number of hydrogen-bond donors (Lipinski definition) is 1. The molecular weight excluding hydrogens is 455 g/mol. The van der Waals surface area contributed by atoms with Crippen LogP contribution in [-0.4, -0.2) is 10.9 Å². The molecule has 0 atom stereocenters. The van der Waals surface area contributed by atoms with E-state index >= 15 is 0 Å². The Bertz CT molecular complexity index is 1310. The van der Waals surface area contributed by atoms with E-state index in [1.165, 1.54) is 12.1 Å². The molecule has 0 bridgehead atoms. The fraction of sp³-hybridized carbons (Fsp3) is 0.154. The molecule has 0 aliphatic rings. The van der Waals surface area contributed by atoms with E-state index in [1.54, 1.807) is 18.2 Å². The number of rotatable bonds is 3. The molecule has 0 saturated heterocycles. The van der Waals surface area contributed by atoms with Gasteiger partial charge < -0.3 is 5.32 Å². The maximum atomic E-state index is 13.4. The number of carbonyl (C=O) groups is 1. The molecule has 3 nitrogen and oxygen atoms in total. The first-order valence-corrected chi connectivity index (χ1v) is 10.8. The molecule has 0 spiro atoms. The van der Waals surface area contributed by atoms with Gasteiger partial charge in [-0.3, -0.25) is 4.79 Å². The summed E-state index contributed by atoms with van der Waals surface area (Å²) in [6.45, 7) is 7.98. The van der Waals surface area contributed by atoms with Gasteiger partial charge in [0.05, 0.1) is 16.8 Å². The minimum absolute atomic E-state index is 0.207. The molecule has 4 aromatic rings. The number of anilines is 1. The summed E-state index contributed by atoms with van der Waals surface area (Å²) in [5.74, 6) is -0.517. The monoisotopic (exact) mass is 476 g/mol. The second-order valence-electron chi connectivity index (χ2n) is 7.92. The molecule has 0 aliphatic carbocycles. The zero-order valence-electron chi connectivity index (χ0n) is 17.8. The lowest BCUT2D eigenvalue weighted by atomic mass is 9.99. The Balaban J connectivity index is 1.86. The average molecular weight is 477 g/mol. The molecule has 31 heavy (non-hydrogen) atoms. The number of fused-ring (bicyclic) bond motifs is 1. The van der Waals surface area contributed by atoms with Crippen LogP contribution in [0.3, 0.4) is 0 Å². The molecule has 0 unspecified atom stereocenters. The largest absolute Gasteiger partial charge is 0.322 e. The fourth-order valence-corrected chi connectivity index (χ4v) is 4.08. The van der Waals surface area contributed by atoms with Gasteiger partial charge in [-0.15, -0.1) is 0 Å². The van der Waals surface area contributed by atoms with Crippen molar-refractivity contribution >= 4 is 38.4 Å². The topological polar surface area (TPSA) is 42.0 Å². The van der Waals surface area contributed by atoms with Crippen molar-refractivity contribution in [1.82, 2.24) is 4.98 Å². The highest BCUT2D eigenvalue weighted by Gasteiger charge is 2.17. The smallest absolute Gasteiger partial charge is 0.256 e. The van der Waals surface area contributed by atoms with E-state index in [9.17, 15) is 9.18 Å². The Morgan fingerprint density at radius 3 is 2.19 bits per heavy atom. The number of halogens is 2. The highest BCUT2D eigenvalue weighted by atomic mass is 79.9. The normalized spacial score (nSPS) is 11.0. The van der Waals surface area contributed by atoms with Crippen LogP contribution in [0.2, 0.25) is 0 Å². The maximum absolute atomic E-state index is 13.4. The Morgan fingerprint density at radius 2 is 1.55 bits per heavy atom. The lowest BCUT2D eigenvalue weighted by molar-refractivity contribution is 0.102.